The van der Waals surface area contributed by atoms with Crippen molar-refractivity contribution in [1.29, 1.82) is 0 Å². The maximum Gasteiger partial charge on any atom is 0 e. The molecule has 1 aliphatic carbocycles. The molecule has 0 saturated carbocycles. The van der Waals surface area contributed by atoms with E-state index in [9.17, 15) is 4.79 Å². The van der Waals surface area contributed by atoms with Gasteiger partial charge in [-0.25, -0.2) is 0 Å². The normalized spacial score (nSPS) is 22.3. The van der Waals surface area contributed by atoms with E-state index in [0.29, 0.717) is 0 Å². The van der Waals surface area contributed by atoms with Crippen LogP contribution in [0.1, 0.15) is 19.3 Å². The molecule has 0 aromatic rings. The largest absolute Gasteiger partial charge is 0 e. The number of ketones is 1. The van der Waals surface area contributed by atoms with Crippen molar-refractivity contribution in [3.63, 3.8) is 0 Å². The van der Waals surface area contributed by atoms with Crippen molar-refractivity contribution in [2.75, 3.05) is 0 Å². The van der Waals surface area contributed by atoms with Crippen LogP contribution >= 0.6 is 0 Å². The summed E-state index contributed by atoms with van der Waals surface area (Å²) < 4.78 is 50.8. The second kappa shape index (κ2) is 29.2. The number of ether oxygens (including phenoxy) is 1. The van der Waals surface area contributed by atoms with Crippen molar-refractivity contribution in [2.45, 2.75) is 31.0 Å². The first-order valence-electron chi connectivity index (χ1n) is 5.92. The summed E-state index contributed by atoms with van der Waals surface area (Å²) in [5.74, 6) is 5.67. The van der Waals surface area contributed by atoms with E-state index in [1.54, 1.807) is 0 Å². The molecule has 27 heavy (non-hydrogen) atoms. The molecule has 1 spiro atoms. The molecule has 0 amide bonds. The van der Waals surface area contributed by atoms with E-state index in [2.05, 4.69) is 63.9 Å². The van der Waals surface area contributed by atoms with Crippen LogP contribution in [0.15, 0.2) is 12.2 Å². The first-order chi connectivity index (χ1) is 12.3. The molecule has 1 saturated heterocycles. The third-order valence-corrected chi connectivity index (χ3v) is 3.19. The first-order valence-corrected chi connectivity index (χ1v) is 5.92. The Kier molecular flexibility index (Phi) is 43.4. The number of hydrogen-bond acceptors (Lipinski definition) is 2. The summed E-state index contributed by atoms with van der Waals surface area (Å²) in [4.78, 5) is 11.6. The van der Waals surface area contributed by atoms with Crippen LogP contribution in [0.4, 0.5) is 0 Å². The fraction of sp³-hybridized carbons (Fsp3) is 0.353. The van der Waals surface area contributed by atoms with Gasteiger partial charge in [-0.1, -0.05) is 18.1 Å². The van der Waals surface area contributed by atoms with Gasteiger partial charge in [0.15, 0.2) is 0 Å². The average molecular weight is 460 g/mol. The molecule has 1 unspecified atom stereocenters. The van der Waals surface area contributed by atoms with Gasteiger partial charge in [-0.3, -0.25) is 4.79 Å². The molecular weight excluding hydrogens is 450 g/mol. The van der Waals surface area contributed by atoms with Gasteiger partial charge in [-0.2, -0.15) is 0 Å². The van der Waals surface area contributed by atoms with Gasteiger partial charge in [0.1, 0.15) is 0 Å². The summed E-state index contributed by atoms with van der Waals surface area (Å²) in [7, 11) is 0. The Bertz CT molecular complexity index is 557. The van der Waals surface area contributed by atoms with E-state index >= 15 is 0 Å². The van der Waals surface area contributed by atoms with Crippen LogP contribution < -0.4 is 0 Å². The number of carbonyl (C=O) groups excluding carboxylic acids is 1. The van der Waals surface area contributed by atoms with Gasteiger partial charge < -0.3 is 4.74 Å². The van der Waals surface area contributed by atoms with Crippen molar-refractivity contribution in [3.05, 3.63) is 52.1 Å². The number of carbonyl (C=O) groups is 1. The molecule has 3 rings (SSSR count). The molecule has 2 radical (unpaired) electrons. The third kappa shape index (κ3) is 12.4. The topological polar surface area (TPSA) is 146 Å². The van der Waals surface area contributed by atoms with Crippen LogP contribution in [-0.4, -0.2) is 17.5 Å². The van der Waals surface area contributed by atoms with Crippen LogP contribution in [0, 0.1) is 57.7 Å². The monoisotopic (exact) mass is 460 g/mol. The van der Waals surface area contributed by atoms with E-state index in [4.69, 9.17) is 32.6 Å². The molecule has 8 nitrogen and oxygen atoms in total. The smallest absolute Gasteiger partial charge is 0 e. The van der Waals surface area contributed by atoms with Crippen molar-refractivity contribution in [3.8, 4) is 11.8 Å². The fourth-order valence-electron chi connectivity index (χ4n) is 2.53. The molecule has 2 bridgehead atoms. The Balaban J connectivity index is -0.0000000688. The molecule has 2 heterocycles. The maximum atomic E-state index is 11.6. The minimum absolute atomic E-state index is 0. The van der Waals surface area contributed by atoms with Crippen LogP contribution in [0.25, 0.3) is 0 Å². The fourth-order valence-corrected chi connectivity index (χ4v) is 2.53. The predicted molar refractivity (Wildman–Crippen MR) is 70.4 cm³/mol. The van der Waals surface area contributed by atoms with Gasteiger partial charge in [-0.15, -0.1) is 0 Å². The average Bonchev–Trinajstić information content (AvgIpc) is 3.28. The molecule has 0 aromatic heterocycles. The van der Waals surface area contributed by atoms with Gasteiger partial charge in [-0.05, 0) is 18.8 Å². The van der Waals surface area contributed by atoms with Crippen LogP contribution in [0.5, 0.6) is 0 Å². The number of fused-ring (bicyclic) bond motifs is 1. The van der Waals surface area contributed by atoms with Gasteiger partial charge >= 0.3 is 67.8 Å². The molecule has 10 heteroatoms. The van der Waals surface area contributed by atoms with Crippen LogP contribution in [-0.2, 0) is 71.0 Å². The van der Waals surface area contributed by atoms with Crippen molar-refractivity contribution in [1.82, 2.24) is 0 Å². The minimum Gasteiger partial charge on any atom is 0 e. The van der Waals surface area contributed by atoms with E-state index in [1.165, 1.54) is 0 Å². The maximum absolute atomic E-state index is 11.6. The van der Waals surface area contributed by atoms with Crippen molar-refractivity contribution >= 4 is 5.78 Å². The number of Topliss-reactive ketones (excluding diaryl/α,β-unsaturated/α-hetero) is 1. The predicted octanol–water partition coefficient (Wildman–Crippen LogP) is 0.836. The van der Waals surface area contributed by atoms with E-state index in [0.717, 1.165) is 19.3 Å². The van der Waals surface area contributed by atoms with E-state index in [-0.39, 0.29) is 57.0 Å². The molecule has 3 atom stereocenters. The summed E-state index contributed by atoms with van der Waals surface area (Å²) in [5.41, 5.74) is -0.293. The van der Waals surface area contributed by atoms with E-state index < -0.39 is 0 Å². The second-order valence-electron chi connectivity index (χ2n) is 3.92. The van der Waals surface area contributed by atoms with Gasteiger partial charge in [0.05, 0.1) is 17.6 Å². The van der Waals surface area contributed by atoms with Gasteiger partial charge in [0, 0.05) is 40.0 Å². The Morgan fingerprint density at radius 2 is 1.37 bits per heavy atom. The van der Waals surface area contributed by atoms with Crippen LogP contribution in [0.3, 0.4) is 0 Å². The van der Waals surface area contributed by atoms with Crippen LogP contribution in [0.2, 0.25) is 0 Å². The Hall–Kier alpha value is -1.62. The summed E-state index contributed by atoms with van der Waals surface area (Å²) in [6.07, 6.45) is 6.81. The molecule has 1 fully saturated rings. The zero-order valence-corrected chi connectivity index (χ0v) is 15.4. The molecule has 3 aliphatic rings. The van der Waals surface area contributed by atoms with Gasteiger partial charge in [0.25, 0.3) is 0 Å². The molecular formula is C17H10Co2O8. The van der Waals surface area contributed by atoms with Gasteiger partial charge in [0.2, 0.25) is 5.78 Å². The third-order valence-electron chi connectivity index (χ3n) is 3.19. The molecule has 144 valence electrons. The zero-order valence-electron chi connectivity index (χ0n) is 13.4. The molecule has 2 aliphatic heterocycles. The first kappa shape index (κ1) is 40.2. The standard InChI is InChI=1S/C11H10O2.6CO.2Co/c12-10-3-1-2-5-11-6-4-8(13-11)7-9(10)11;6*1-2;;/h4,6,8-9H,2,5,7H2;;;;;;;;/t8-,9?,11+;;;;;;;;/m1......../s1. The SMILES string of the molecule is O=C1C#CCC[C@]23C=C[C@H](CC12)O3.[C-]#[O+].[C-]#[O+].[C-]#[O+].[C-]#[O+].[C-]#[O+].[C-]#[O+].[Co].[Co]. The van der Waals surface area contributed by atoms with Crippen molar-refractivity contribution in [2.24, 2.45) is 5.92 Å². The zero-order chi connectivity index (χ0) is 20.9. The summed E-state index contributed by atoms with van der Waals surface area (Å²) >= 11 is 0. The molecule has 0 N–H and O–H groups in total. The van der Waals surface area contributed by atoms with E-state index in [1.807, 2.05) is 0 Å². The minimum atomic E-state index is -0.293. The Morgan fingerprint density at radius 3 is 1.78 bits per heavy atom. The summed E-state index contributed by atoms with van der Waals surface area (Å²) in [5, 5.41) is 0. The molecule has 0 aromatic carbocycles. The quantitative estimate of drug-likeness (QED) is 0.173. The number of rotatable bonds is 0. The second-order valence-corrected chi connectivity index (χ2v) is 3.92. The Morgan fingerprint density at radius 1 is 0.926 bits per heavy atom. The number of hydrogen-bond donors (Lipinski definition) is 0. The summed E-state index contributed by atoms with van der Waals surface area (Å²) in [6, 6.07) is 0. The summed E-state index contributed by atoms with van der Waals surface area (Å²) in [6.45, 7) is 27.0. The Labute approximate surface area is 177 Å². The van der Waals surface area contributed by atoms with Crippen molar-refractivity contribution < 1.29 is 71.0 Å².